The van der Waals surface area contributed by atoms with Gasteiger partial charge in [-0.3, -0.25) is 4.79 Å². The lowest BCUT2D eigenvalue weighted by molar-refractivity contribution is -0.116. The summed E-state index contributed by atoms with van der Waals surface area (Å²) in [7, 11) is 0. The summed E-state index contributed by atoms with van der Waals surface area (Å²) in [6.45, 7) is 4.04. The van der Waals surface area contributed by atoms with Crippen LogP contribution in [0.2, 0.25) is 0 Å². The van der Waals surface area contributed by atoms with Crippen LogP contribution in [0, 0.1) is 5.92 Å². The summed E-state index contributed by atoms with van der Waals surface area (Å²) in [5.74, 6) is 1.85. The molecule has 86 valence electrons. The van der Waals surface area contributed by atoms with Gasteiger partial charge in [0.15, 0.2) is 0 Å². The molecule has 4 heteroatoms. The Morgan fingerprint density at radius 3 is 2.56 bits per heavy atom. The van der Waals surface area contributed by atoms with Crippen molar-refractivity contribution in [3.63, 3.8) is 0 Å². The SMILES string of the molecule is CC(C)CC(=O)Nc1cnc(C2CC2)nc1. The van der Waals surface area contributed by atoms with E-state index in [2.05, 4.69) is 15.3 Å². The van der Waals surface area contributed by atoms with E-state index in [0.29, 0.717) is 23.9 Å². The van der Waals surface area contributed by atoms with Gasteiger partial charge < -0.3 is 5.32 Å². The van der Waals surface area contributed by atoms with Crippen LogP contribution in [0.15, 0.2) is 12.4 Å². The van der Waals surface area contributed by atoms with Gasteiger partial charge in [0.25, 0.3) is 0 Å². The summed E-state index contributed by atoms with van der Waals surface area (Å²) in [6.07, 6.45) is 6.31. The predicted octanol–water partition coefficient (Wildman–Crippen LogP) is 2.34. The molecule has 1 amide bonds. The van der Waals surface area contributed by atoms with Crippen molar-refractivity contribution < 1.29 is 4.79 Å². The van der Waals surface area contributed by atoms with Gasteiger partial charge >= 0.3 is 0 Å². The number of aromatic nitrogens is 2. The molecule has 2 rings (SSSR count). The highest BCUT2D eigenvalue weighted by molar-refractivity contribution is 5.90. The third kappa shape index (κ3) is 3.02. The summed E-state index contributed by atoms with van der Waals surface area (Å²) < 4.78 is 0. The van der Waals surface area contributed by atoms with E-state index in [1.165, 1.54) is 12.8 Å². The van der Waals surface area contributed by atoms with E-state index < -0.39 is 0 Å². The lowest BCUT2D eigenvalue weighted by Crippen LogP contribution is -2.14. The molecule has 0 saturated heterocycles. The predicted molar refractivity (Wildman–Crippen MR) is 62.1 cm³/mol. The smallest absolute Gasteiger partial charge is 0.224 e. The Hall–Kier alpha value is -1.45. The number of anilines is 1. The average Bonchev–Trinajstić information content (AvgIpc) is 3.00. The van der Waals surface area contributed by atoms with Crippen LogP contribution in [0.1, 0.15) is 44.9 Å². The maximum atomic E-state index is 11.5. The van der Waals surface area contributed by atoms with Crippen molar-refractivity contribution in [2.24, 2.45) is 5.92 Å². The summed E-state index contributed by atoms with van der Waals surface area (Å²) in [5, 5.41) is 2.80. The Kier molecular flexibility index (Phi) is 3.17. The molecule has 1 saturated carbocycles. The van der Waals surface area contributed by atoms with Crippen LogP contribution in [0.4, 0.5) is 5.69 Å². The highest BCUT2D eigenvalue weighted by atomic mass is 16.1. The van der Waals surface area contributed by atoms with Crippen LogP contribution in [-0.2, 0) is 4.79 Å². The standard InChI is InChI=1S/C12H17N3O/c1-8(2)5-11(16)15-10-6-13-12(14-7-10)9-3-4-9/h6-9H,3-5H2,1-2H3,(H,15,16). The Morgan fingerprint density at radius 2 is 2.06 bits per heavy atom. The van der Waals surface area contributed by atoms with Crippen molar-refractivity contribution in [1.29, 1.82) is 0 Å². The summed E-state index contributed by atoms with van der Waals surface area (Å²) in [6, 6.07) is 0. The topological polar surface area (TPSA) is 54.9 Å². The minimum absolute atomic E-state index is 0.0257. The van der Waals surface area contributed by atoms with Crippen LogP contribution in [0.5, 0.6) is 0 Å². The van der Waals surface area contributed by atoms with Gasteiger partial charge in [0.1, 0.15) is 5.82 Å². The third-order valence-corrected chi connectivity index (χ3v) is 2.49. The molecule has 1 aliphatic carbocycles. The normalized spacial score (nSPS) is 15.2. The van der Waals surface area contributed by atoms with Crippen molar-refractivity contribution in [2.45, 2.75) is 39.0 Å². The Bertz CT molecular complexity index is 368. The lowest BCUT2D eigenvalue weighted by atomic mass is 10.1. The maximum absolute atomic E-state index is 11.5. The van der Waals surface area contributed by atoms with Crippen molar-refractivity contribution in [3.05, 3.63) is 18.2 Å². The van der Waals surface area contributed by atoms with E-state index in [0.717, 1.165) is 5.82 Å². The third-order valence-electron chi connectivity index (χ3n) is 2.49. The number of nitrogens with zero attached hydrogens (tertiary/aromatic N) is 2. The van der Waals surface area contributed by atoms with E-state index in [-0.39, 0.29) is 5.91 Å². The zero-order valence-electron chi connectivity index (χ0n) is 9.73. The van der Waals surface area contributed by atoms with Crippen LogP contribution >= 0.6 is 0 Å². The molecule has 0 radical (unpaired) electrons. The van der Waals surface area contributed by atoms with Crippen molar-refractivity contribution in [2.75, 3.05) is 5.32 Å². The molecular weight excluding hydrogens is 202 g/mol. The molecule has 1 aromatic rings. The Morgan fingerprint density at radius 1 is 1.44 bits per heavy atom. The van der Waals surface area contributed by atoms with Crippen molar-refractivity contribution in [3.8, 4) is 0 Å². The first-order valence-electron chi connectivity index (χ1n) is 5.77. The van der Waals surface area contributed by atoms with Gasteiger partial charge in [-0.15, -0.1) is 0 Å². The number of amides is 1. The number of hydrogen-bond donors (Lipinski definition) is 1. The first kappa shape index (κ1) is 11.0. The molecule has 0 unspecified atom stereocenters. The quantitative estimate of drug-likeness (QED) is 0.845. The van der Waals surface area contributed by atoms with Crippen LogP contribution in [-0.4, -0.2) is 15.9 Å². The van der Waals surface area contributed by atoms with Crippen LogP contribution in [0.3, 0.4) is 0 Å². The number of carbonyl (C=O) groups is 1. The summed E-state index contributed by atoms with van der Waals surface area (Å²) in [4.78, 5) is 20.0. The Balaban J connectivity index is 1.91. The molecule has 1 fully saturated rings. The van der Waals surface area contributed by atoms with Gasteiger partial charge in [-0.1, -0.05) is 13.8 Å². The van der Waals surface area contributed by atoms with Crippen LogP contribution < -0.4 is 5.32 Å². The second kappa shape index (κ2) is 4.60. The van der Waals surface area contributed by atoms with E-state index in [9.17, 15) is 4.79 Å². The molecule has 1 aliphatic rings. The summed E-state index contributed by atoms with van der Waals surface area (Å²) in [5.41, 5.74) is 0.690. The minimum atomic E-state index is 0.0257. The molecule has 1 N–H and O–H groups in total. The molecule has 1 aromatic heterocycles. The van der Waals surface area contributed by atoms with Crippen LogP contribution in [0.25, 0.3) is 0 Å². The highest BCUT2D eigenvalue weighted by Gasteiger charge is 2.26. The molecule has 0 atom stereocenters. The molecule has 16 heavy (non-hydrogen) atoms. The number of hydrogen-bond acceptors (Lipinski definition) is 3. The van der Waals surface area contributed by atoms with Gasteiger partial charge in [0, 0.05) is 12.3 Å². The molecule has 0 spiro atoms. The fourth-order valence-electron chi connectivity index (χ4n) is 1.54. The fraction of sp³-hybridized carbons (Fsp3) is 0.583. The van der Waals surface area contributed by atoms with Crippen molar-refractivity contribution >= 4 is 11.6 Å². The number of nitrogens with one attached hydrogen (secondary N) is 1. The fourth-order valence-corrected chi connectivity index (χ4v) is 1.54. The molecule has 0 bridgehead atoms. The summed E-state index contributed by atoms with van der Waals surface area (Å²) >= 11 is 0. The molecular formula is C12H17N3O. The van der Waals surface area contributed by atoms with Gasteiger partial charge in [0.2, 0.25) is 5.91 Å². The van der Waals surface area contributed by atoms with Crippen molar-refractivity contribution in [1.82, 2.24) is 9.97 Å². The zero-order chi connectivity index (χ0) is 11.5. The van der Waals surface area contributed by atoms with E-state index in [1.54, 1.807) is 12.4 Å². The average molecular weight is 219 g/mol. The second-order valence-corrected chi connectivity index (χ2v) is 4.75. The number of rotatable bonds is 4. The molecule has 0 aliphatic heterocycles. The minimum Gasteiger partial charge on any atom is -0.323 e. The maximum Gasteiger partial charge on any atom is 0.224 e. The van der Waals surface area contributed by atoms with Gasteiger partial charge in [-0.25, -0.2) is 9.97 Å². The molecule has 0 aromatic carbocycles. The van der Waals surface area contributed by atoms with E-state index >= 15 is 0 Å². The largest absolute Gasteiger partial charge is 0.323 e. The highest BCUT2D eigenvalue weighted by Crippen LogP contribution is 2.37. The molecule has 1 heterocycles. The zero-order valence-corrected chi connectivity index (χ0v) is 9.73. The molecule has 4 nitrogen and oxygen atoms in total. The second-order valence-electron chi connectivity index (χ2n) is 4.75. The van der Waals surface area contributed by atoms with Gasteiger partial charge in [0.05, 0.1) is 18.1 Å². The van der Waals surface area contributed by atoms with Gasteiger partial charge in [-0.2, -0.15) is 0 Å². The van der Waals surface area contributed by atoms with E-state index in [4.69, 9.17) is 0 Å². The number of carbonyl (C=O) groups excluding carboxylic acids is 1. The Labute approximate surface area is 95.5 Å². The first-order chi connectivity index (χ1) is 7.65. The first-order valence-corrected chi connectivity index (χ1v) is 5.77. The van der Waals surface area contributed by atoms with Gasteiger partial charge in [-0.05, 0) is 18.8 Å². The lowest BCUT2D eigenvalue weighted by Gasteiger charge is -2.06. The monoisotopic (exact) mass is 219 g/mol. The van der Waals surface area contributed by atoms with E-state index in [1.807, 2.05) is 13.8 Å².